The molecule has 0 aliphatic carbocycles. The van der Waals surface area contributed by atoms with Crippen LogP contribution in [0.25, 0.3) is 11.4 Å². The van der Waals surface area contributed by atoms with Crippen molar-refractivity contribution in [2.24, 2.45) is 0 Å². The Bertz CT molecular complexity index is 925. The van der Waals surface area contributed by atoms with Crippen molar-refractivity contribution in [3.63, 3.8) is 0 Å². The highest BCUT2D eigenvalue weighted by Crippen LogP contribution is 2.24. The van der Waals surface area contributed by atoms with Crippen LogP contribution in [0.2, 0.25) is 0 Å². The van der Waals surface area contributed by atoms with Gasteiger partial charge in [0.2, 0.25) is 5.91 Å². The molecule has 0 aliphatic rings. The van der Waals surface area contributed by atoms with Crippen molar-refractivity contribution in [2.75, 3.05) is 5.75 Å². The molecule has 1 aromatic heterocycles. The van der Waals surface area contributed by atoms with Crippen LogP contribution >= 0.6 is 11.8 Å². The molecule has 0 radical (unpaired) electrons. The number of rotatable bonds is 10. The average Bonchev–Trinajstić information content (AvgIpc) is 3.16. The molecule has 1 heterocycles. The van der Waals surface area contributed by atoms with Gasteiger partial charge in [-0.1, -0.05) is 91.8 Å². The standard InChI is InChI=1S/C23H26N4OS/c1-3-11-20(18-12-7-5-8-13-18)24-21(28)17-29-23-26-25-22(27(23)16-4-2)19-14-9-6-10-15-19/h4-10,12-15,20H,2-3,11,16-17H2,1H3,(H,24,28)/t20-/m1/s1. The van der Waals surface area contributed by atoms with Crippen LogP contribution in [0.5, 0.6) is 0 Å². The first-order valence-electron chi connectivity index (χ1n) is 9.79. The van der Waals surface area contributed by atoms with Gasteiger partial charge in [0.1, 0.15) is 0 Å². The number of thioether (sulfide) groups is 1. The van der Waals surface area contributed by atoms with Crippen LogP contribution < -0.4 is 5.32 Å². The summed E-state index contributed by atoms with van der Waals surface area (Å²) in [6, 6.07) is 20.0. The lowest BCUT2D eigenvalue weighted by molar-refractivity contribution is -0.119. The van der Waals surface area contributed by atoms with Crippen molar-refractivity contribution in [3.05, 3.63) is 78.9 Å². The maximum atomic E-state index is 12.6. The fourth-order valence-electron chi connectivity index (χ4n) is 3.15. The Morgan fingerprint density at radius 2 is 1.83 bits per heavy atom. The molecule has 150 valence electrons. The molecule has 1 atom stereocenters. The van der Waals surface area contributed by atoms with Gasteiger partial charge in [-0.3, -0.25) is 9.36 Å². The maximum absolute atomic E-state index is 12.6. The van der Waals surface area contributed by atoms with Crippen LogP contribution in [0.3, 0.4) is 0 Å². The van der Waals surface area contributed by atoms with Gasteiger partial charge in [0, 0.05) is 12.1 Å². The predicted molar refractivity (Wildman–Crippen MR) is 119 cm³/mol. The van der Waals surface area contributed by atoms with E-state index in [0.29, 0.717) is 11.7 Å². The van der Waals surface area contributed by atoms with Gasteiger partial charge >= 0.3 is 0 Å². The predicted octanol–water partition coefficient (Wildman–Crippen LogP) is 4.88. The molecule has 0 aliphatic heterocycles. The van der Waals surface area contributed by atoms with Crippen molar-refractivity contribution in [1.82, 2.24) is 20.1 Å². The summed E-state index contributed by atoms with van der Waals surface area (Å²) >= 11 is 1.40. The number of carbonyl (C=O) groups excluding carboxylic acids is 1. The number of nitrogens with zero attached hydrogens (tertiary/aromatic N) is 3. The smallest absolute Gasteiger partial charge is 0.230 e. The number of hydrogen-bond acceptors (Lipinski definition) is 4. The third kappa shape index (κ3) is 5.57. The Hall–Kier alpha value is -2.86. The lowest BCUT2D eigenvalue weighted by Gasteiger charge is -2.18. The first-order valence-corrected chi connectivity index (χ1v) is 10.8. The minimum Gasteiger partial charge on any atom is -0.349 e. The fraction of sp³-hybridized carbons (Fsp3) is 0.261. The lowest BCUT2D eigenvalue weighted by Crippen LogP contribution is -2.30. The van der Waals surface area contributed by atoms with Gasteiger partial charge < -0.3 is 5.32 Å². The molecule has 3 aromatic rings. The van der Waals surface area contributed by atoms with Gasteiger partial charge in [0.05, 0.1) is 11.8 Å². The van der Waals surface area contributed by atoms with Crippen molar-refractivity contribution in [2.45, 2.75) is 37.5 Å². The number of carbonyl (C=O) groups is 1. The van der Waals surface area contributed by atoms with Crippen molar-refractivity contribution in [1.29, 1.82) is 0 Å². The number of nitrogens with one attached hydrogen (secondary N) is 1. The van der Waals surface area contributed by atoms with Gasteiger partial charge in [0.25, 0.3) is 0 Å². The van der Waals surface area contributed by atoms with Crippen LogP contribution in [-0.4, -0.2) is 26.4 Å². The Kier molecular flexibility index (Phi) is 7.64. The molecule has 1 amide bonds. The monoisotopic (exact) mass is 406 g/mol. The molecule has 0 fully saturated rings. The van der Waals surface area contributed by atoms with Crippen LogP contribution in [-0.2, 0) is 11.3 Å². The van der Waals surface area contributed by atoms with Gasteiger partial charge in [-0.15, -0.1) is 16.8 Å². The largest absolute Gasteiger partial charge is 0.349 e. The van der Waals surface area contributed by atoms with Gasteiger partial charge in [-0.2, -0.15) is 0 Å². The second-order valence-corrected chi connectivity index (χ2v) is 7.62. The summed E-state index contributed by atoms with van der Waals surface area (Å²) in [5.74, 6) is 1.06. The maximum Gasteiger partial charge on any atom is 0.230 e. The number of aromatic nitrogens is 3. The highest BCUT2D eigenvalue weighted by atomic mass is 32.2. The number of amides is 1. The molecule has 29 heavy (non-hydrogen) atoms. The van der Waals surface area contributed by atoms with Crippen LogP contribution in [0.15, 0.2) is 78.5 Å². The van der Waals surface area contributed by atoms with E-state index in [0.717, 1.165) is 29.8 Å². The quantitative estimate of drug-likeness (QED) is 0.385. The number of allylic oxidation sites excluding steroid dienone is 1. The Morgan fingerprint density at radius 3 is 2.48 bits per heavy atom. The van der Waals surface area contributed by atoms with E-state index in [2.05, 4.69) is 41.1 Å². The second kappa shape index (κ2) is 10.6. The first-order chi connectivity index (χ1) is 14.2. The second-order valence-electron chi connectivity index (χ2n) is 6.68. The summed E-state index contributed by atoms with van der Waals surface area (Å²) in [6.07, 6.45) is 3.72. The average molecular weight is 407 g/mol. The van der Waals surface area contributed by atoms with E-state index >= 15 is 0 Å². The third-order valence-corrected chi connectivity index (χ3v) is 5.47. The Labute approximate surface area is 176 Å². The first kappa shape index (κ1) is 20.9. The van der Waals surface area contributed by atoms with Gasteiger partial charge in [-0.25, -0.2) is 0 Å². The highest BCUT2D eigenvalue weighted by molar-refractivity contribution is 7.99. The zero-order valence-electron chi connectivity index (χ0n) is 16.6. The molecule has 0 spiro atoms. The van der Waals surface area contributed by atoms with Gasteiger partial charge in [-0.05, 0) is 12.0 Å². The van der Waals surface area contributed by atoms with E-state index in [1.54, 1.807) is 0 Å². The fourth-order valence-corrected chi connectivity index (χ4v) is 3.91. The zero-order valence-corrected chi connectivity index (χ0v) is 17.4. The van der Waals surface area contributed by atoms with E-state index in [4.69, 9.17) is 0 Å². The molecule has 2 aromatic carbocycles. The molecule has 0 bridgehead atoms. The molecule has 0 saturated carbocycles. The van der Waals surface area contributed by atoms with E-state index in [1.807, 2.05) is 59.2 Å². The normalized spacial score (nSPS) is 11.8. The van der Waals surface area contributed by atoms with Crippen LogP contribution in [0, 0.1) is 0 Å². The molecular formula is C23H26N4OS. The third-order valence-electron chi connectivity index (χ3n) is 4.51. The zero-order chi connectivity index (χ0) is 20.5. The molecular weight excluding hydrogens is 380 g/mol. The summed E-state index contributed by atoms with van der Waals surface area (Å²) in [4.78, 5) is 12.6. The van der Waals surface area contributed by atoms with Crippen LogP contribution in [0.4, 0.5) is 0 Å². The van der Waals surface area contributed by atoms with E-state index < -0.39 is 0 Å². The summed E-state index contributed by atoms with van der Waals surface area (Å²) in [6.45, 7) is 6.55. The Balaban J connectivity index is 1.68. The summed E-state index contributed by atoms with van der Waals surface area (Å²) in [5, 5.41) is 12.5. The molecule has 0 saturated heterocycles. The van der Waals surface area contributed by atoms with E-state index in [-0.39, 0.29) is 17.7 Å². The SMILES string of the molecule is C=CCn1c(SCC(=O)N[C@H](CCC)c2ccccc2)nnc1-c1ccccc1. The molecule has 5 nitrogen and oxygen atoms in total. The number of benzene rings is 2. The minimum atomic E-state index is -0.00767. The van der Waals surface area contributed by atoms with Crippen molar-refractivity contribution in [3.8, 4) is 11.4 Å². The summed E-state index contributed by atoms with van der Waals surface area (Å²) < 4.78 is 1.99. The Morgan fingerprint density at radius 1 is 1.14 bits per heavy atom. The minimum absolute atomic E-state index is 0.00767. The molecule has 1 N–H and O–H groups in total. The number of hydrogen-bond donors (Lipinski definition) is 1. The topological polar surface area (TPSA) is 59.8 Å². The molecule has 3 rings (SSSR count). The van der Waals surface area contributed by atoms with E-state index in [1.165, 1.54) is 11.8 Å². The van der Waals surface area contributed by atoms with Gasteiger partial charge in [0.15, 0.2) is 11.0 Å². The highest BCUT2D eigenvalue weighted by Gasteiger charge is 2.17. The van der Waals surface area contributed by atoms with E-state index in [9.17, 15) is 4.79 Å². The summed E-state index contributed by atoms with van der Waals surface area (Å²) in [7, 11) is 0. The van der Waals surface area contributed by atoms with Crippen molar-refractivity contribution < 1.29 is 4.79 Å². The lowest BCUT2D eigenvalue weighted by atomic mass is 10.0. The van der Waals surface area contributed by atoms with Crippen molar-refractivity contribution >= 4 is 17.7 Å². The van der Waals surface area contributed by atoms with Crippen LogP contribution in [0.1, 0.15) is 31.4 Å². The molecule has 0 unspecified atom stereocenters. The summed E-state index contributed by atoms with van der Waals surface area (Å²) in [5.41, 5.74) is 2.12. The molecule has 6 heteroatoms.